The van der Waals surface area contributed by atoms with Crippen LogP contribution in [0.15, 0.2) is 33.9 Å². The quantitative estimate of drug-likeness (QED) is 0.872. The molecule has 1 fully saturated rings. The lowest BCUT2D eigenvalue weighted by molar-refractivity contribution is -0.135. The largest absolute Gasteiger partial charge is 0.467 e. The van der Waals surface area contributed by atoms with Gasteiger partial charge in [-0.05, 0) is 25.0 Å². The molecule has 0 saturated carbocycles. The molecule has 3 heterocycles. The van der Waals surface area contributed by atoms with Crippen molar-refractivity contribution in [1.82, 2.24) is 19.2 Å². The van der Waals surface area contributed by atoms with Gasteiger partial charge in [0.15, 0.2) is 0 Å². The van der Waals surface area contributed by atoms with Crippen LogP contribution in [-0.2, 0) is 18.4 Å². The lowest BCUT2D eigenvalue weighted by Crippen LogP contribution is -2.44. The number of likely N-dealkylation sites (tertiary alicyclic amines) is 1. The number of hydrogen-bond donors (Lipinski definition) is 1. The number of aliphatic hydroxyl groups is 1. The number of carbonyl (C=O) groups excluding carboxylic acids is 1. The Morgan fingerprint density at radius 1 is 1.44 bits per heavy atom. The van der Waals surface area contributed by atoms with E-state index in [0.717, 1.165) is 25.7 Å². The second-order valence-electron chi connectivity index (χ2n) is 6.54. The van der Waals surface area contributed by atoms with Crippen LogP contribution >= 0.6 is 0 Å². The molecular formula is C17H24N4O4. The molecule has 3 rings (SSSR count). The number of hydrogen-bond acceptors (Lipinski definition) is 5. The summed E-state index contributed by atoms with van der Waals surface area (Å²) in [6, 6.07) is 3.40. The summed E-state index contributed by atoms with van der Waals surface area (Å²) in [6.07, 6.45) is 6.44. The summed E-state index contributed by atoms with van der Waals surface area (Å²) in [5, 5.41) is 14.3. The summed E-state index contributed by atoms with van der Waals surface area (Å²) in [6.45, 7) is 0.559. The average Bonchev–Trinajstić information content (AvgIpc) is 3.16. The van der Waals surface area contributed by atoms with E-state index in [1.165, 1.54) is 21.8 Å². The molecule has 0 spiro atoms. The lowest BCUT2D eigenvalue weighted by atomic mass is 10.0. The van der Waals surface area contributed by atoms with Crippen LogP contribution in [0.2, 0.25) is 0 Å². The standard InChI is InChI=1S/C17H24N4O4/c1-19-12-18-21(17(19)24)11-16(23)20-8-4-2-3-6-13(20)10-14(22)15-7-5-9-25-15/h5,7,9,12-14,22H,2-4,6,8,10-11H2,1H3. The van der Waals surface area contributed by atoms with Crippen LogP contribution in [0.1, 0.15) is 44.0 Å². The fraction of sp³-hybridized carbons (Fsp3) is 0.588. The molecule has 0 bridgehead atoms. The number of aryl methyl sites for hydroxylation is 1. The van der Waals surface area contributed by atoms with Gasteiger partial charge >= 0.3 is 5.69 Å². The molecule has 2 atom stereocenters. The first-order chi connectivity index (χ1) is 12.1. The molecule has 2 aromatic rings. The second kappa shape index (κ2) is 7.69. The zero-order valence-corrected chi connectivity index (χ0v) is 14.4. The molecule has 0 aromatic carbocycles. The fourth-order valence-corrected chi connectivity index (χ4v) is 3.35. The topological polar surface area (TPSA) is 93.5 Å². The summed E-state index contributed by atoms with van der Waals surface area (Å²) in [5.41, 5.74) is -0.310. The zero-order valence-electron chi connectivity index (χ0n) is 14.4. The van der Waals surface area contributed by atoms with Crippen LogP contribution in [-0.4, -0.2) is 42.8 Å². The van der Waals surface area contributed by atoms with Crippen molar-refractivity contribution in [3.63, 3.8) is 0 Å². The smallest absolute Gasteiger partial charge is 0.345 e. The van der Waals surface area contributed by atoms with E-state index in [2.05, 4.69) is 5.10 Å². The van der Waals surface area contributed by atoms with E-state index in [0.29, 0.717) is 18.7 Å². The predicted octanol–water partition coefficient (Wildman–Crippen LogP) is 1.07. The van der Waals surface area contributed by atoms with Crippen molar-refractivity contribution in [2.45, 2.75) is 50.8 Å². The van der Waals surface area contributed by atoms with Crippen LogP contribution in [0, 0.1) is 0 Å². The van der Waals surface area contributed by atoms with Gasteiger partial charge < -0.3 is 14.4 Å². The van der Waals surface area contributed by atoms with Crippen LogP contribution in [0.25, 0.3) is 0 Å². The maximum absolute atomic E-state index is 12.8. The van der Waals surface area contributed by atoms with Gasteiger partial charge in [-0.15, -0.1) is 0 Å². The fourth-order valence-electron chi connectivity index (χ4n) is 3.35. The Kier molecular flexibility index (Phi) is 5.37. The number of rotatable bonds is 5. The van der Waals surface area contributed by atoms with Gasteiger partial charge in [0, 0.05) is 26.1 Å². The Morgan fingerprint density at radius 2 is 2.28 bits per heavy atom. The third-order valence-corrected chi connectivity index (χ3v) is 4.74. The molecule has 1 amide bonds. The molecule has 8 nitrogen and oxygen atoms in total. The summed E-state index contributed by atoms with van der Waals surface area (Å²) in [5.74, 6) is 0.372. The van der Waals surface area contributed by atoms with Crippen molar-refractivity contribution in [2.75, 3.05) is 6.54 Å². The SMILES string of the molecule is Cn1cnn(CC(=O)N2CCCCCC2CC(O)c2ccco2)c1=O. The molecular weight excluding hydrogens is 324 g/mol. The molecule has 1 aliphatic rings. The molecule has 2 aromatic heterocycles. The monoisotopic (exact) mass is 348 g/mol. The molecule has 8 heteroatoms. The summed E-state index contributed by atoms with van der Waals surface area (Å²) >= 11 is 0. The first kappa shape index (κ1) is 17.5. The van der Waals surface area contributed by atoms with Gasteiger partial charge in [-0.1, -0.05) is 12.8 Å². The first-order valence-corrected chi connectivity index (χ1v) is 8.65. The van der Waals surface area contributed by atoms with Gasteiger partial charge in [0.25, 0.3) is 0 Å². The molecule has 1 aliphatic heterocycles. The van der Waals surface area contributed by atoms with Crippen molar-refractivity contribution in [1.29, 1.82) is 0 Å². The van der Waals surface area contributed by atoms with Gasteiger partial charge in [-0.25, -0.2) is 9.48 Å². The van der Waals surface area contributed by atoms with E-state index in [4.69, 9.17) is 4.42 Å². The number of carbonyl (C=O) groups is 1. The van der Waals surface area contributed by atoms with Crippen molar-refractivity contribution in [2.24, 2.45) is 7.05 Å². The lowest BCUT2D eigenvalue weighted by Gasteiger charge is -2.31. The van der Waals surface area contributed by atoms with Crippen LogP contribution in [0.3, 0.4) is 0 Å². The number of nitrogens with zero attached hydrogens (tertiary/aromatic N) is 4. The number of amides is 1. The van der Waals surface area contributed by atoms with Gasteiger partial charge in [-0.2, -0.15) is 5.10 Å². The molecule has 2 unspecified atom stereocenters. The molecule has 25 heavy (non-hydrogen) atoms. The number of aromatic nitrogens is 3. The van der Waals surface area contributed by atoms with Gasteiger partial charge in [0.05, 0.1) is 6.26 Å². The second-order valence-corrected chi connectivity index (χ2v) is 6.54. The van der Waals surface area contributed by atoms with Crippen LogP contribution in [0.4, 0.5) is 0 Å². The van der Waals surface area contributed by atoms with Crippen LogP contribution in [0.5, 0.6) is 0 Å². The Bertz CT molecular complexity index is 749. The van der Waals surface area contributed by atoms with Crippen LogP contribution < -0.4 is 5.69 Å². The number of furan rings is 1. The molecule has 1 N–H and O–H groups in total. The van der Waals surface area contributed by atoms with E-state index in [1.807, 2.05) is 0 Å². The number of aliphatic hydroxyl groups excluding tert-OH is 1. The predicted molar refractivity (Wildman–Crippen MR) is 89.7 cm³/mol. The summed E-state index contributed by atoms with van der Waals surface area (Å²) in [7, 11) is 1.60. The van der Waals surface area contributed by atoms with Gasteiger partial charge in [0.2, 0.25) is 5.91 Å². The zero-order chi connectivity index (χ0) is 17.8. The maximum atomic E-state index is 12.8. The first-order valence-electron chi connectivity index (χ1n) is 8.65. The van der Waals surface area contributed by atoms with E-state index in [1.54, 1.807) is 24.1 Å². The normalized spacial score (nSPS) is 19.6. The Labute approximate surface area is 145 Å². The minimum atomic E-state index is -0.744. The highest BCUT2D eigenvalue weighted by Crippen LogP contribution is 2.26. The molecule has 0 radical (unpaired) electrons. The minimum Gasteiger partial charge on any atom is -0.467 e. The maximum Gasteiger partial charge on any atom is 0.345 e. The van der Waals surface area contributed by atoms with E-state index >= 15 is 0 Å². The molecule has 0 aliphatic carbocycles. The van der Waals surface area contributed by atoms with E-state index < -0.39 is 6.10 Å². The molecule has 1 saturated heterocycles. The Morgan fingerprint density at radius 3 is 2.96 bits per heavy atom. The van der Waals surface area contributed by atoms with E-state index in [-0.39, 0.29) is 24.2 Å². The Hall–Kier alpha value is -2.35. The summed E-state index contributed by atoms with van der Waals surface area (Å²) in [4.78, 5) is 26.5. The van der Waals surface area contributed by atoms with Crippen molar-refractivity contribution in [3.8, 4) is 0 Å². The average molecular weight is 348 g/mol. The van der Waals surface area contributed by atoms with Crippen molar-refractivity contribution in [3.05, 3.63) is 41.0 Å². The third-order valence-electron chi connectivity index (χ3n) is 4.74. The van der Waals surface area contributed by atoms with Crippen molar-refractivity contribution < 1.29 is 14.3 Å². The molecule has 136 valence electrons. The highest BCUT2D eigenvalue weighted by Gasteiger charge is 2.29. The van der Waals surface area contributed by atoms with E-state index in [9.17, 15) is 14.7 Å². The highest BCUT2D eigenvalue weighted by atomic mass is 16.4. The van der Waals surface area contributed by atoms with Gasteiger partial charge in [0.1, 0.15) is 24.7 Å². The summed E-state index contributed by atoms with van der Waals surface area (Å²) < 4.78 is 7.78. The Balaban J connectivity index is 1.72. The third kappa shape index (κ3) is 4.01. The van der Waals surface area contributed by atoms with Gasteiger partial charge in [-0.3, -0.25) is 9.36 Å². The minimum absolute atomic E-state index is 0.0745. The highest BCUT2D eigenvalue weighted by molar-refractivity contribution is 5.76. The van der Waals surface area contributed by atoms with Crippen molar-refractivity contribution >= 4 is 5.91 Å².